The Morgan fingerprint density at radius 2 is 2.26 bits per heavy atom. The molecular weight excluding hydrogens is 244 g/mol. The number of carbonyl (C=O) groups excluding carboxylic acids is 1. The summed E-state index contributed by atoms with van der Waals surface area (Å²) in [6.45, 7) is 7.22. The zero-order chi connectivity index (χ0) is 14.3. The highest BCUT2D eigenvalue weighted by Crippen LogP contribution is 2.06. The molecule has 1 aromatic heterocycles. The van der Waals surface area contributed by atoms with Crippen molar-refractivity contribution in [1.82, 2.24) is 15.1 Å². The van der Waals surface area contributed by atoms with Crippen molar-refractivity contribution in [3.63, 3.8) is 0 Å². The second-order valence-corrected chi connectivity index (χ2v) is 5.11. The van der Waals surface area contributed by atoms with Crippen molar-refractivity contribution in [2.45, 2.75) is 46.3 Å². The van der Waals surface area contributed by atoms with Gasteiger partial charge in [-0.05, 0) is 18.8 Å². The number of hydrogen-bond acceptors (Lipinski definition) is 3. The van der Waals surface area contributed by atoms with Crippen molar-refractivity contribution in [3.05, 3.63) is 12.4 Å². The fraction of sp³-hybridized carbons (Fsp3) is 0.692. The second kappa shape index (κ2) is 7.78. The molecule has 6 nitrogen and oxygen atoms in total. The van der Waals surface area contributed by atoms with E-state index in [1.807, 2.05) is 13.8 Å². The lowest BCUT2D eigenvalue weighted by Gasteiger charge is -2.13. The first-order valence-corrected chi connectivity index (χ1v) is 6.76. The summed E-state index contributed by atoms with van der Waals surface area (Å²) in [5.74, 6) is 0.409. The molecule has 0 spiro atoms. The van der Waals surface area contributed by atoms with Gasteiger partial charge in [0.2, 0.25) is 0 Å². The average Bonchev–Trinajstić information content (AvgIpc) is 2.73. The minimum atomic E-state index is -0.506. The van der Waals surface area contributed by atoms with E-state index in [-0.39, 0.29) is 12.6 Å². The maximum absolute atomic E-state index is 11.6. The first-order valence-electron chi connectivity index (χ1n) is 6.76. The van der Waals surface area contributed by atoms with Crippen LogP contribution in [-0.2, 0) is 6.54 Å². The molecule has 0 bridgehead atoms. The van der Waals surface area contributed by atoms with Gasteiger partial charge in [-0.2, -0.15) is 5.10 Å². The third-order valence-electron chi connectivity index (χ3n) is 2.59. The molecule has 0 aliphatic heterocycles. The number of rotatable bonds is 7. The van der Waals surface area contributed by atoms with Gasteiger partial charge in [-0.15, -0.1) is 0 Å². The number of aromatic nitrogens is 2. The Hall–Kier alpha value is -1.56. The maximum Gasteiger partial charge on any atom is 0.319 e. The van der Waals surface area contributed by atoms with Crippen LogP contribution in [0.5, 0.6) is 0 Å². The van der Waals surface area contributed by atoms with E-state index in [0.29, 0.717) is 18.0 Å². The van der Waals surface area contributed by atoms with Gasteiger partial charge in [0.15, 0.2) is 0 Å². The number of aliphatic hydroxyl groups excluding tert-OH is 1. The van der Waals surface area contributed by atoms with Gasteiger partial charge in [-0.25, -0.2) is 4.79 Å². The molecule has 1 aromatic rings. The summed E-state index contributed by atoms with van der Waals surface area (Å²) < 4.78 is 1.78. The summed E-state index contributed by atoms with van der Waals surface area (Å²) in [6.07, 6.45) is 4.56. The van der Waals surface area contributed by atoms with E-state index in [9.17, 15) is 9.90 Å². The summed E-state index contributed by atoms with van der Waals surface area (Å²) in [6, 6.07) is -0.321. The standard InChI is InChI=1S/C13H24N4O2/c1-4-5-17-9-11(7-15-17)16-13(19)14-8-12(18)6-10(2)3/h7,9-10,12,18H,4-6,8H2,1-3H3,(H2,14,16,19). The summed E-state index contributed by atoms with van der Waals surface area (Å²) in [7, 11) is 0. The number of aliphatic hydroxyl groups is 1. The van der Waals surface area contributed by atoms with Gasteiger partial charge in [-0.1, -0.05) is 20.8 Å². The van der Waals surface area contributed by atoms with Crippen LogP contribution in [0.25, 0.3) is 0 Å². The highest BCUT2D eigenvalue weighted by Gasteiger charge is 2.09. The Morgan fingerprint density at radius 1 is 1.53 bits per heavy atom. The van der Waals surface area contributed by atoms with Gasteiger partial charge < -0.3 is 15.7 Å². The number of urea groups is 1. The second-order valence-electron chi connectivity index (χ2n) is 5.11. The Kier molecular flexibility index (Phi) is 6.35. The summed E-state index contributed by atoms with van der Waals surface area (Å²) >= 11 is 0. The summed E-state index contributed by atoms with van der Waals surface area (Å²) in [5, 5.41) is 19.1. The van der Waals surface area contributed by atoms with Crippen LogP contribution in [-0.4, -0.2) is 33.6 Å². The van der Waals surface area contributed by atoms with Crippen LogP contribution in [0.15, 0.2) is 12.4 Å². The van der Waals surface area contributed by atoms with Crippen LogP contribution in [0, 0.1) is 5.92 Å². The van der Waals surface area contributed by atoms with Gasteiger partial charge in [0.1, 0.15) is 0 Å². The molecule has 0 saturated carbocycles. The van der Waals surface area contributed by atoms with E-state index in [4.69, 9.17) is 0 Å². The number of hydrogen-bond donors (Lipinski definition) is 3. The minimum absolute atomic E-state index is 0.257. The lowest BCUT2D eigenvalue weighted by Crippen LogP contribution is -2.35. The number of nitrogens with one attached hydrogen (secondary N) is 2. The Balaban J connectivity index is 2.30. The van der Waals surface area contributed by atoms with Crippen LogP contribution in [0.3, 0.4) is 0 Å². The van der Waals surface area contributed by atoms with E-state index < -0.39 is 6.10 Å². The highest BCUT2D eigenvalue weighted by atomic mass is 16.3. The zero-order valence-electron chi connectivity index (χ0n) is 11.9. The smallest absolute Gasteiger partial charge is 0.319 e. The molecule has 1 atom stereocenters. The van der Waals surface area contributed by atoms with E-state index in [0.717, 1.165) is 13.0 Å². The number of anilines is 1. The monoisotopic (exact) mass is 268 g/mol. The Morgan fingerprint density at radius 3 is 2.89 bits per heavy atom. The van der Waals surface area contributed by atoms with E-state index in [1.165, 1.54) is 0 Å². The minimum Gasteiger partial charge on any atom is -0.391 e. The first kappa shape index (κ1) is 15.5. The molecule has 1 unspecified atom stereocenters. The number of aryl methyl sites for hydroxylation is 1. The predicted octanol–water partition coefficient (Wildman–Crippen LogP) is 1.82. The predicted molar refractivity (Wildman–Crippen MR) is 75.0 cm³/mol. The van der Waals surface area contributed by atoms with Gasteiger partial charge in [0.05, 0.1) is 18.0 Å². The zero-order valence-corrected chi connectivity index (χ0v) is 11.9. The topological polar surface area (TPSA) is 79.2 Å². The molecule has 1 heterocycles. The number of amides is 2. The normalized spacial score (nSPS) is 12.5. The van der Waals surface area contributed by atoms with E-state index in [2.05, 4.69) is 22.7 Å². The van der Waals surface area contributed by atoms with Crippen LogP contribution < -0.4 is 10.6 Å². The maximum atomic E-state index is 11.6. The highest BCUT2D eigenvalue weighted by molar-refractivity contribution is 5.88. The fourth-order valence-corrected chi connectivity index (χ4v) is 1.79. The Bertz CT molecular complexity index is 390. The average molecular weight is 268 g/mol. The third-order valence-corrected chi connectivity index (χ3v) is 2.59. The van der Waals surface area contributed by atoms with Crippen LogP contribution >= 0.6 is 0 Å². The molecule has 0 aromatic carbocycles. The molecule has 3 N–H and O–H groups in total. The first-order chi connectivity index (χ1) is 9.01. The lowest BCUT2D eigenvalue weighted by atomic mass is 10.1. The molecule has 0 aliphatic rings. The van der Waals surface area contributed by atoms with E-state index >= 15 is 0 Å². The van der Waals surface area contributed by atoms with Crippen LogP contribution in [0.4, 0.5) is 10.5 Å². The van der Waals surface area contributed by atoms with Gasteiger partial charge in [0.25, 0.3) is 0 Å². The molecule has 6 heteroatoms. The largest absolute Gasteiger partial charge is 0.391 e. The molecule has 2 amide bonds. The fourth-order valence-electron chi connectivity index (χ4n) is 1.79. The summed E-state index contributed by atoms with van der Waals surface area (Å²) in [5.41, 5.74) is 0.657. The molecule has 0 saturated heterocycles. The van der Waals surface area contributed by atoms with Crippen molar-refractivity contribution in [3.8, 4) is 0 Å². The number of nitrogens with zero attached hydrogens (tertiary/aromatic N) is 2. The SMILES string of the molecule is CCCn1cc(NC(=O)NCC(O)CC(C)C)cn1. The molecule has 0 fully saturated rings. The van der Waals surface area contributed by atoms with Crippen molar-refractivity contribution < 1.29 is 9.90 Å². The molecule has 0 aliphatic carbocycles. The van der Waals surface area contributed by atoms with Crippen molar-refractivity contribution in [1.29, 1.82) is 0 Å². The molecule has 19 heavy (non-hydrogen) atoms. The quantitative estimate of drug-likeness (QED) is 0.705. The molecule has 108 valence electrons. The third kappa shape index (κ3) is 6.24. The van der Waals surface area contributed by atoms with Crippen LogP contribution in [0.2, 0.25) is 0 Å². The van der Waals surface area contributed by atoms with Crippen molar-refractivity contribution in [2.24, 2.45) is 5.92 Å². The molecule has 0 radical (unpaired) electrons. The van der Waals surface area contributed by atoms with Gasteiger partial charge >= 0.3 is 6.03 Å². The Labute approximate surface area is 114 Å². The molecule has 1 rings (SSSR count). The molecular formula is C13H24N4O2. The van der Waals surface area contributed by atoms with E-state index in [1.54, 1.807) is 17.1 Å². The van der Waals surface area contributed by atoms with Crippen LogP contribution in [0.1, 0.15) is 33.6 Å². The number of carbonyl (C=O) groups is 1. The van der Waals surface area contributed by atoms with Gasteiger partial charge in [-0.3, -0.25) is 4.68 Å². The van der Waals surface area contributed by atoms with Crippen molar-refractivity contribution in [2.75, 3.05) is 11.9 Å². The lowest BCUT2D eigenvalue weighted by molar-refractivity contribution is 0.148. The van der Waals surface area contributed by atoms with Gasteiger partial charge in [0, 0.05) is 19.3 Å². The summed E-state index contributed by atoms with van der Waals surface area (Å²) in [4.78, 5) is 11.6. The van der Waals surface area contributed by atoms with Crippen molar-refractivity contribution >= 4 is 11.7 Å².